The number of likely N-dealkylation sites (tertiary alicyclic amines) is 1. The summed E-state index contributed by atoms with van der Waals surface area (Å²) in [4.78, 5) is 14.3. The lowest BCUT2D eigenvalue weighted by Crippen LogP contribution is -2.54. The smallest absolute Gasteiger partial charge is 0.407 e. The van der Waals surface area contributed by atoms with E-state index in [4.69, 9.17) is 4.74 Å². The van der Waals surface area contributed by atoms with Crippen molar-refractivity contribution in [1.29, 1.82) is 0 Å². The number of amides is 1. The van der Waals surface area contributed by atoms with Crippen molar-refractivity contribution in [2.45, 2.75) is 31.4 Å². The van der Waals surface area contributed by atoms with E-state index in [1.807, 2.05) is 36.4 Å². The number of nitrogens with one attached hydrogen (secondary N) is 1. The van der Waals surface area contributed by atoms with Crippen molar-refractivity contribution in [1.82, 2.24) is 10.2 Å². The first-order valence-electron chi connectivity index (χ1n) is 7.42. The van der Waals surface area contributed by atoms with E-state index in [0.717, 1.165) is 37.9 Å². The van der Waals surface area contributed by atoms with E-state index in [2.05, 4.69) is 23.8 Å². The van der Waals surface area contributed by atoms with Crippen molar-refractivity contribution in [2.24, 2.45) is 0 Å². The van der Waals surface area contributed by atoms with Crippen molar-refractivity contribution in [3.63, 3.8) is 0 Å². The number of hydrogen-bond acceptors (Lipinski definition) is 3. The van der Waals surface area contributed by atoms with Crippen LogP contribution in [0.4, 0.5) is 4.79 Å². The van der Waals surface area contributed by atoms with Crippen LogP contribution in [0.5, 0.6) is 0 Å². The number of carbonyl (C=O) groups is 1. The fourth-order valence-corrected chi connectivity index (χ4v) is 2.68. The lowest BCUT2D eigenvalue weighted by Gasteiger charge is -2.40. The van der Waals surface area contributed by atoms with E-state index in [-0.39, 0.29) is 11.6 Å². The monoisotopic (exact) mass is 288 g/mol. The molecule has 21 heavy (non-hydrogen) atoms. The molecule has 114 valence electrons. The summed E-state index contributed by atoms with van der Waals surface area (Å²) in [5.74, 6) is 0. The zero-order valence-corrected chi connectivity index (χ0v) is 12.7. The predicted octanol–water partition coefficient (Wildman–Crippen LogP) is 2.95. The first kappa shape index (κ1) is 15.6. The molecule has 0 spiro atoms. The molecule has 1 amide bonds. The number of ether oxygens (including phenoxy) is 1. The van der Waals surface area contributed by atoms with Gasteiger partial charge in [-0.2, -0.15) is 0 Å². The van der Waals surface area contributed by atoms with Crippen LogP contribution in [0.3, 0.4) is 0 Å². The first-order valence-corrected chi connectivity index (χ1v) is 7.42. The Morgan fingerprint density at radius 2 is 2.05 bits per heavy atom. The van der Waals surface area contributed by atoms with E-state index < -0.39 is 0 Å². The normalized spacial score (nSPS) is 18.0. The van der Waals surface area contributed by atoms with Crippen LogP contribution in [0, 0.1) is 0 Å². The van der Waals surface area contributed by atoms with Gasteiger partial charge in [-0.1, -0.05) is 36.4 Å². The molecule has 1 aliphatic heterocycles. The average Bonchev–Trinajstić information content (AvgIpc) is 2.50. The lowest BCUT2D eigenvalue weighted by molar-refractivity contribution is 0.106. The number of nitrogens with zero attached hydrogens (tertiary/aromatic N) is 1. The average molecular weight is 288 g/mol. The minimum Gasteiger partial charge on any atom is -0.445 e. The summed E-state index contributed by atoms with van der Waals surface area (Å²) in [6.07, 6.45) is 4.17. The van der Waals surface area contributed by atoms with Gasteiger partial charge in [-0.3, -0.25) is 0 Å². The highest BCUT2D eigenvalue weighted by Gasteiger charge is 2.34. The summed E-state index contributed by atoms with van der Waals surface area (Å²) in [6.45, 7) is 6.07. The van der Waals surface area contributed by atoms with Gasteiger partial charge in [0.15, 0.2) is 0 Å². The van der Waals surface area contributed by atoms with Crippen LogP contribution in [0.1, 0.15) is 24.8 Å². The third-order valence-corrected chi connectivity index (χ3v) is 4.06. The molecule has 0 unspecified atom stereocenters. The largest absolute Gasteiger partial charge is 0.445 e. The Morgan fingerprint density at radius 3 is 2.67 bits per heavy atom. The zero-order valence-electron chi connectivity index (χ0n) is 12.7. The van der Waals surface area contributed by atoms with Crippen molar-refractivity contribution in [3.05, 3.63) is 48.6 Å². The Labute approximate surface area is 126 Å². The van der Waals surface area contributed by atoms with Crippen LogP contribution in [-0.4, -0.2) is 36.7 Å². The van der Waals surface area contributed by atoms with Gasteiger partial charge in [0.2, 0.25) is 0 Å². The second kappa shape index (κ2) is 7.27. The molecule has 1 N–H and O–H groups in total. The van der Waals surface area contributed by atoms with Crippen molar-refractivity contribution in [3.8, 4) is 0 Å². The molecular formula is C17H24N2O2. The number of hydrogen-bond donors (Lipinski definition) is 1. The minimum atomic E-state index is -0.342. The molecule has 4 heteroatoms. The maximum Gasteiger partial charge on any atom is 0.407 e. The molecule has 1 saturated heterocycles. The van der Waals surface area contributed by atoms with Crippen LogP contribution < -0.4 is 5.32 Å². The van der Waals surface area contributed by atoms with E-state index >= 15 is 0 Å². The van der Waals surface area contributed by atoms with E-state index in [0.29, 0.717) is 6.61 Å². The third kappa shape index (κ3) is 4.60. The summed E-state index contributed by atoms with van der Waals surface area (Å²) < 4.78 is 5.33. The molecule has 1 fully saturated rings. The molecule has 0 atom stereocenters. The third-order valence-electron chi connectivity index (χ3n) is 4.06. The highest BCUT2D eigenvalue weighted by Crippen LogP contribution is 2.25. The van der Waals surface area contributed by atoms with Gasteiger partial charge in [0.05, 0.1) is 0 Å². The van der Waals surface area contributed by atoms with Gasteiger partial charge in [-0.25, -0.2) is 4.79 Å². The Kier molecular flexibility index (Phi) is 5.39. The highest BCUT2D eigenvalue weighted by molar-refractivity contribution is 5.68. The van der Waals surface area contributed by atoms with E-state index in [1.165, 1.54) is 0 Å². The second-order valence-electron chi connectivity index (χ2n) is 5.76. The first-order chi connectivity index (χ1) is 10.1. The molecule has 0 saturated carbocycles. The molecule has 0 aromatic heterocycles. The zero-order chi connectivity index (χ0) is 15.1. The van der Waals surface area contributed by atoms with Crippen molar-refractivity contribution < 1.29 is 9.53 Å². The SMILES string of the molecule is C=CCC1(NC(=O)OCc2ccccc2)CCN(C)CC1. The molecule has 2 rings (SSSR count). The molecule has 4 nitrogen and oxygen atoms in total. The molecule has 0 bridgehead atoms. The Hall–Kier alpha value is -1.81. The summed E-state index contributed by atoms with van der Waals surface area (Å²) >= 11 is 0. The Balaban J connectivity index is 1.88. The number of rotatable bonds is 5. The number of alkyl carbamates (subject to hydrolysis) is 1. The predicted molar refractivity (Wildman–Crippen MR) is 84.0 cm³/mol. The maximum atomic E-state index is 12.1. The van der Waals surface area contributed by atoms with E-state index in [9.17, 15) is 4.79 Å². The number of piperidine rings is 1. The molecule has 0 aliphatic carbocycles. The van der Waals surface area contributed by atoms with Gasteiger partial charge in [-0.15, -0.1) is 6.58 Å². The van der Waals surface area contributed by atoms with Crippen LogP contribution in [0.15, 0.2) is 43.0 Å². The van der Waals surface area contributed by atoms with Gasteiger partial charge in [0.1, 0.15) is 6.61 Å². The van der Waals surface area contributed by atoms with Gasteiger partial charge in [-0.05, 0) is 31.9 Å². The number of carbonyl (C=O) groups excluding carboxylic acids is 1. The molecule has 0 radical (unpaired) electrons. The van der Waals surface area contributed by atoms with Crippen molar-refractivity contribution in [2.75, 3.05) is 20.1 Å². The van der Waals surface area contributed by atoms with Crippen molar-refractivity contribution >= 4 is 6.09 Å². The summed E-state index contributed by atoms with van der Waals surface area (Å²) in [5, 5.41) is 3.07. The van der Waals surface area contributed by atoms with Gasteiger partial charge in [0.25, 0.3) is 0 Å². The molecular weight excluding hydrogens is 264 g/mol. The second-order valence-corrected chi connectivity index (χ2v) is 5.76. The lowest BCUT2D eigenvalue weighted by atomic mass is 9.84. The Bertz CT molecular complexity index is 465. The molecule has 1 aromatic rings. The molecule has 1 aliphatic rings. The quantitative estimate of drug-likeness (QED) is 0.847. The summed E-state index contributed by atoms with van der Waals surface area (Å²) in [6, 6.07) is 9.71. The fourth-order valence-electron chi connectivity index (χ4n) is 2.68. The minimum absolute atomic E-state index is 0.206. The topological polar surface area (TPSA) is 41.6 Å². The molecule has 1 heterocycles. The van der Waals surface area contributed by atoms with E-state index in [1.54, 1.807) is 0 Å². The van der Waals surface area contributed by atoms with Crippen LogP contribution >= 0.6 is 0 Å². The molecule has 1 aromatic carbocycles. The van der Waals surface area contributed by atoms with Crippen LogP contribution in [-0.2, 0) is 11.3 Å². The summed E-state index contributed by atoms with van der Waals surface area (Å²) in [7, 11) is 2.10. The van der Waals surface area contributed by atoms with Crippen LogP contribution in [0.2, 0.25) is 0 Å². The van der Waals surface area contributed by atoms with Gasteiger partial charge < -0.3 is 15.0 Å². The fraction of sp³-hybridized carbons (Fsp3) is 0.471. The number of benzene rings is 1. The maximum absolute atomic E-state index is 12.1. The standard InChI is InChI=1S/C17H24N2O2/c1-3-9-17(10-12-19(2)13-11-17)18-16(20)21-14-15-7-5-4-6-8-15/h3-8H,1,9-14H2,2H3,(H,18,20). The van der Waals surface area contributed by atoms with Gasteiger partial charge in [0, 0.05) is 18.6 Å². The Morgan fingerprint density at radius 1 is 1.38 bits per heavy atom. The van der Waals surface area contributed by atoms with Gasteiger partial charge >= 0.3 is 6.09 Å². The van der Waals surface area contributed by atoms with Crippen LogP contribution in [0.25, 0.3) is 0 Å². The highest BCUT2D eigenvalue weighted by atomic mass is 16.5. The summed E-state index contributed by atoms with van der Waals surface area (Å²) in [5.41, 5.74) is 0.788.